The molecule has 0 aliphatic heterocycles. The highest BCUT2D eigenvalue weighted by molar-refractivity contribution is 6.04. The number of nitrogens with one attached hydrogen (secondary N) is 2. The molecule has 0 fully saturated rings. The fourth-order valence-corrected chi connectivity index (χ4v) is 2.45. The summed E-state index contributed by atoms with van der Waals surface area (Å²) in [5, 5.41) is 22.7. The number of carbonyl (C=O) groups is 1. The van der Waals surface area contributed by atoms with Crippen LogP contribution in [-0.4, -0.2) is 30.3 Å². The van der Waals surface area contributed by atoms with E-state index in [9.17, 15) is 4.79 Å². The molecule has 8 nitrogen and oxygen atoms in total. The molecule has 2 aromatic carbocycles. The minimum atomic E-state index is -0.349. The van der Waals surface area contributed by atoms with Crippen LogP contribution in [0, 0.1) is 11.3 Å². The standard InChI is InChI=1S/C20H17N5O3/c1-27-16-7-6-14(11-17(16)28-2)20(26)23-19-9-8-18(24-25-19)22-15-5-3-4-13(10-15)12-21/h3-11H,1-2H3,(H,22,24)(H,23,25,26). The summed E-state index contributed by atoms with van der Waals surface area (Å²) in [7, 11) is 3.03. The molecule has 28 heavy (non-hydrogen) atoms. The fourth-order valence-electron chi connectivity index (χ4n) is 2.45. The lowest BCUT2D eigenvalue weighted by Gasteiger charge is -2.10. The van der Waals surface area contributed by atoms with Gasteiger partial charge in [-0.15, -0.1) is 10.2 Å². The molecule has 0 aliphatic carbocycles. The summed E-state index contributed by atoms with van der Waals surface area (Å²) in [4.78, 5) is 12.4. The normalized spacial score (nSPS) is 9.89. The maximum Gasteiger partial charge on any atom is 0.257 e. The van der Waals surface area contributed by atoms with Crippen molar-refractivity contribution in [2.75, 3.05) is 24.9 Å². The highest BCUT2D eigenvalue weighted by atomic mass is 16.5. The minimum Gasteiger partial charge on any atom is -0.493 e. The van der Waals surface area contributed by atoms with E-state index in [1.807, 2.05) is 6.07 Å². The highest BCUT2D eigenvalue weighted by Gasteiger charge is 2.12. The lowest BCUT2D eigenvalue weighted by Crippen LogP contribution is -2.13. The first-order valence-electron chi connectivity index (χ1n) is 8.27. The Balaban J connectivity index is 1.68. The van der Waals surface area contributed by atoms with Gasteiger partial charge in [0.15, 0.2) is 23.1 Å². The van der Waals surface area contributed by atoms with Crippen LogP contribution in [0.25, 0.3) is 0 Å². The van der Waals surface area contributed by atoms with Crippen molar-refractivity contribution in [3.63, 3.8) is 0 Å². The van der Waals surface area contributed by atoms with Gasteiger partial charge in [0, 0.05) is 11.3 Å². The van der Waals surface area contributed by atoms with E-state index in [-0.39, 0.29) is 5.91 Å². The lowest BCUT2D eigenvalue weighted by atomic mass is 10.2. The van der Waals surface area contributed by atoms with E-state index in [0.29, 0.717) is 34.3 Å². The fraction of sp³-hybridized carbons (Fsp3) is 0.100. The van der Waals surface area contributed by atoms with E-state index in [1.165, 1.54) is 14.2 Å². The van der Waals surface area contributed by atoms with Gasteiger partial charge in [-0.1, -0.05) is 6.07 Å². The van der Waals surface area contributed by atoms with Crippen LogP contribution in [0.3, 0.4) is 0 Å². The SMILES string of the molecule is COc1ccc(C(=O)Nc2ccc(Nc3cccc(C#N)c3)nn2)cc1OC. The Morgan fingerprint density at radius 2 is 1.71 bits per heavy atom. The predicted octanol–water partition coefficient (Wildman–Crippen LogP) is 3.36. The molecule has 0 unspecified atom stereocenters. The molecule has 3 rings (SSSR count). The first-order chi connectivity index (χ1) is 13.6. The molecular formula is C20H17N5O3. The van der Waals surface area contributed by atoms with E-state index >= 15 is 0 Å². The molecule has 0 saturated heterocycles. The van der Waals surface area contributed by atoms with Crippen LogP contribution < -0.4 is 20.1 Å². The number of rotatable bonds is 6. The number of hydrogen-bond acceptors (Lipinski definition) is 7. The maximum absolute atomic E-state index is 12.4. The average molecular weight is 375 g/mol. The Morgan fingerprint density at radius 3 is 2.39 bits per heavy atom. The predicted molar refractivity (Wildman–Crippen MR) is 104 cm³/mol. The van der Waals surface area contributed by atoms with Crippen LogP contribution in [0.4, 0.5) is 17.3 Å². The number of aromatic nitrogens is 2. The van der Waals surface area contributed by atoms with Crippen LogP contribution in [0.15, 0.2) is 54.6 Å². The van der Waals surface area contributed by atoms with Crippen LogP contribution in [0.2, 0.25) is 0 Å². The number of anilines is 3. The minimum absolute atomic E-state index is 0.302. The number of benzene rings is 2. The van der Waals surface area contributed by atoms with Crippen LogP contribution in [0.1, 0.15) is 15.9 Å². The third-order valence-electron chi connectivity index (χ3n) is 3.82. The van der Waals surface area contributed by atoms with Crippen LogP contribution in [-0.2, 0) is 0 Å². The molecule has 1 heterocycles. The Morgan fingerprint density at radius 1 is 0.964 bits per heavy atom. The van der Waals surface area contributed by atoms with Gasteiger partial charge in [0.2, 0.25) is 0 Å². The number of hydrogen-bond donors (Lipinski definition) is 2. The van der Waals surface area contributed by atoms with E-state index < -0.39 is 0 Å². The second-order valence-electron chi connectivity index (χ2n) is 5.65. The van der Waals surface area contributed by atoms with E-state index in [4.69, 9.17) is 14.7 Å². The van der Waals surface area contributed by atoms with Gasteiger partial charge in [0.05, 0.1) is 25.9 Å². The van der Waals surface area contributed by atoms with Gasteiger partial charge >= 0.3 is 0 Å². The number of nitrogens with zero attached hydrogens (tertiary/aromatic N) is 3. The van der Waals surface area contributed by atoms with Crippen molar-refractivity contribution in [3.8, 4) is 17.6 Å². The van der Waals surface area contributed by atoms with Gasteiger partial charge in [-0.2, -0.15) is 5.26 Å². The third-order valence-corrected chi connectivity index (χ3v) is 3.82. The third kappa shape index (κ3) is 4.34. The molecule has 0 spiro atoms. The van der Waals surface area contributed by atoms with E-state index in [1.54, 1.807) is 48.5 Å². The topological polar surface area (TPSA) is 109 Å². The van der Waals surface area contributed by atoms with Crippen molar-refractivity contribution < 1.29 is 14.3 Å². The molecule has 0 saturated carbocycles. The number of amides is 1. The molecule has 1 amide bonds. The largest absolute Gasteiger partial charge is 0.493 e. The Kier molecular flexibility index (Phi) is 5.67. The van der Waals surface area contributed by atoms with Crippen molar-refractivity contribution in [2.24, 2.45) is 0 Å². The molecular weight excluding hydrogens is 358 g/mol. The van der Waals surface area contributed by atoms with Gasteiger partial charge in [-0.05, 0) is 48.5 Å². The van der Waals surface area contributed by atoms with Gasteiger partial charge in [-0.3, -0.25) is 4.79 Å². The molecule has 2 N–H and O–H groups in total. The van der Waals surface area contributed by atoms with Crippen molar-refractivity contribution in [1.82, 2.24) is 10.2 Å². The molecule has 1 aromatic heterocycles. The zero-order valence-corrected chi connectivity index (χ0v) is 15.3. The van der Waals surface area contributed by atoms with Crippen molar-refractivity contribution in [2.45, 2.75) is 0 Å². The second kappa shape index (κ2) is 8.51. The summed E-state index contributed by atoms with van der Waals surface area (Å²) in [6, 6.07) is 17.2. The van der Waals surface area contributed by atoms with Crippen molar-refractivity contribution >= 4 is 23.2 Å². The van der Waals surface area contributed by atoms with E-state index in [2.05, 4.69) is 26.9 Å². The number of nitriles is 1. The Labute approximate surface area is 161 Å². The molecule has 0 atom stereocenters. The molecule has 8 heteroatoms. The smallest absolute Gasteiger partial charge is 0.257 e. The van der Waals surface area contributed by atoms with Crippen molar-refractivity contribution in [3.05, 3.63) is 65.7 Å². The van der Waals surface area contributed by atoms with Gasteiger partial charge in [-0.25, -0.2) is 0 Å². The molecule has 0 aliphatic rings. The summed E-state index contributed by atoms with van der Waals surface area (Å²) in [6.07, 6.45) is 0. The first-order valence-corrected chi connectivity index (χ1v) is 8.27. The Hall–Kier alpha value is -4.12. The summed E-state index contributed by atoms with van der Waals surface area (Å²) < 4.78 is 10.4. The zero-order valence-electron chi connectivity index (χ0n) is 15.3. The lowest BCUT2D eigenvalue weighted by molar-refractivity contribution is 0.102. The van der Waals surface area contributed by atoms with Gasteiger partial charge in [0.1, 0.15) is 0 Å². The molecule has 0 bridgehead atoms. The molecule has 140 valence electrons. The summed E-state index contributed by atoms with van der Waals surface area (Å²) in [5.74, 6) is 1.43. The van der Waals surface area contributed by atoms with Crippen LogP contribution >= 0.6 is 0 Å². The van der Waals surface area contributed by atoms with Gasteiger partial charge < -0.3 is 20.1 Å². The molecule has 0 radical (unpaired) electrons. The summed E-state index contributed by atoms with van der Waals surface area (Å²) in [6.45, 7) is 0. The van der Waals surface area contributed by atoms with Crippen LogP contribution in [0.5, 0.6) is 11.5 Å². The summed E-state index contributed by atoms with van der Waals surface area (Å²) in [5.41, 5.74) is 1.65. The monoisotopic (exact) mass is 375 g/mol. The second-order valence-corrected chi connectivity index (χ2v) is 5.65. The number of carbonyl (C=O) groups excluding carboxylic acids is 1. The first kappa shape index (κ1) is 18.7. The van der Waals surface area contributed by atoms with Crippen molar-refractivity contribution in [1.29, 1.82) is 5.26 Å². The average Bonchev–Trinajstić information content (AvgIpc) is 2.74. The number of ether oxygens (including phenoxy) is 2. The zero-order chi connectivity index (χ0) is 19.9. The van der Waals surface area contributed by atoms with E-state index in [0.717, 1.165) is 5.69 Å². The Bertz CT molecular complexity index is 1030. The molecule has 3 aromatic rings. The highest BCUT2D eigenvalue weighted by Crippen LogP contribution is 2.27. The number of methoxy groups -OCH3 is 2. The summed E-state index contributed by atoms with van der Waals surface area (Å²) >= 11 is 0. The quantitative estimate of drug-likeness (QED) is 0.680. The van der Waals surface area contributed by atoms with Gasteiger partial charge in [0.25, 0.3) is 5.91 Å². The maximum atomic E-state index is 12.4.